The number of aromatic nitrogens is 1. The standard InChI is InChI=1S/C22H28ClF6NO2/c1-31-13-17-19(23)18(11-12-30-17)32-16-9-7-15(8-10-16)20(21(24,25)26,22(27,28)29)14-5-3-2-4-6-14/h11-12,14-16H,2-10,13H2,1H3. The van der Waals surface area contributed by atoms with Crippen molar-refractivity contribution in [1.29, 1.82) is 0 Å². The minimum atomic E-state index is -5.35. The van der Waals surface area contributed by atoms with Crippen LogP contribution in [0.1, 0.15) is 63.5 Å². The van der Waals surface area contributed by atoms with E-state index in [2.05, 4.69) is 4.98 Å². The topological polar surface area (TPSA) is 31.4 Å². The van der Waals surface area contributed by atoms with Crippen molar-refractivity contribution in [2.75, 3.05) is 7.11 Å². The second-order valence-electron chi connectivity index (χ2n) is 8.79. The fourth-order valence-electron chi connectivity index (χ4n) is 5.59. The third-order valence-electron chi connectivity index (χ3n) is 7.01. The average Bonchev–Trinajstić information content (AvgIpc) is 2.71. The van der Waals surface area contributed by atoms with E-state index in [0.29, 0.717) is 30.7 Å². The van der Waals surface area contributed by atoms with Gasteiger partial charge in [0.25, 0.3) is 0 Å². The van der Waals surface area contributed by atoms with Gasteiger partial charge in [-0.05, 0) is 50.4 Å². The largest absolute Gasteiger partial charge is 0.489 e. The van der Waals surface area contributed by atoms with Gasteiger partial charge in [-0.1, -0.05) is 30.9 Å². The number of hydrogen-bond donors (Lipinski definition) is 0. The van der Waals surface area contributed by atoms with E-state index in [-0.39, 0.29) is 50.2 Å². The number of alkyl halides is 6. The van der Waals surface area contributed by atoms with Crippen molar-refractivity contribution in [3.05, 3.63) is 23.0 Å². The first kappa shape index (κ1) is 25.4. The first-order chi connectivity index (χ1) is 15.0. The third kappa shape index (κ3) is 4.83. The van der Waals surface area contributed by atoms with Gasteiger partial charge in [0, 0.05) is 19.4 Å². The van der Waals surface area contributed by atoms with Crippen LogP contribution in [-0.4, -0.2) is 30.6 Å². The van der Waals surface area contributed by atoms with Gasteiger partial charge in [0.05, 0.1) is 18.4 Å². The Morgan fingerprint density at radius 2 is 1.47 bits per heavy atom. The summed E-state index contributed by atoms with van der Waals surface area (Å²) >= 11 is 6.26. The van der Waals surface area contributed by atoms with Crippen molar-refractivity contribution in [3.8, 4) is 5.75 Å². The van der Waals surface area contributed by atoms with Crippen molar-refractivity contribution in [2.24, 2.45) is 17.3 Å². The van der Waals surface area contributed by atoms with Crippen molar-refractivity contribution < 1.29 is 35.8 Å². The normalized spacial score (nSPS) is 23.9. The molecule has 0 aliphatic heterocycles. The van der Waals surface area contributed by atoms with E-state index in [1.54, 1.807) is 0 Å². The lowest BCUT2D eigenvalue weighted by Crippen LogP contribution is -2.60. The summed E-state index contributed by atoms with van der Waals surface area (Å²) in [6.07, 6.45) is -8.52. The Balaban J connectivity index is 1.79. The maximum Gasteiger partial charge on any atom is 0.403 e. The summed E-state index contributed by atoms with van der Waals surface area (Å²) in [5.74, 6) is -2.63. The number of rotatable bonds is 6. The predicted octanol–water partition coefficient (Wildman–Crippen LogP) is 7.51. The molecule has 0 amide bonds. The van der Waals surface area contributed by atoms with Crippen LogP contribution >= 0.6 is 11.6 Å². The maximum absolute atomic E-state index is 14.3. The number of hydrogen-bond acceptors (Lipinski definition) is 3. The van der Waals surface area contributed by atoms with Gasteiger partial charge in [0.15, 0.2) is 5.41 Å². The molecule has 0 saturated heterocycles. The quantitative estimate of drug-likeness (QED) is 0.389. The highest BCUT2D eigenvalue weighted by atomic mass is 35.5. The summed E-state index contributed by atoms with van der Waals surface area (Å²) in [5.41, 5.74) is -3.21. The van der Waals surface area contributed by atoms with Gasteiger partial charge in [-0.2, -0.15) is 26.3 Å². The minimum Gasteiger partial charge on any atom is -0.489 e. The lowest BCUT2D eigenvalue weighted by atomic mass is 9.57. The highest BCUT2D eigenvalue weighted by Gasteiger charge is 2.76. The third-order valence-corrected chi connectivity index (χ3v) is 7.41. The Bertz CT molecular complexity index is 742. The Labute approximate surface area is 188 Å². The lowest BCUT2D eigenvalue weighted by Gasteiger charge is -2.51. The zero-order chi connectivity index (χ0) is 23.6. The van der Waals surface area contributed by atoms with E-state index in [4.69, 9.17) is 21.1 Å². The van der Waals surface area contributed by atoms with Gasteiger partial charge >= 0.3 is 12.4 Å². The predicted molar refractivity (Wildman–Crippen MR) is 107 cm³/mol. The van der Waals surface area contributed by atoms with E-state index in [1.165, 1.54) is 19.4 Å². The molecule has 0 bridgehead atoms. The number of methoxy groups -OCH3 is 1. The number of ether oxygens (including phenoxy) is 2. The molecular weight excluding hydrogens is 460 g/mol. The first-order valence-electron chi connectivity index (χ1n) is 10.9. The smallest absolute Gasteiger partial charge is 0.403 e. The molecule has 2 aliphatic rings. The van der Waals surface area contributed by atoms with Crippen LogP contribution in [0.5, 0.6) is 5.75 Å². The summed E-state index contributed by atoms with van der Waals surface area (Å²) in [7, 11) is 1.48. The first-order valence-corrected chi connectivity index (χ1v) is 11.3. The molecule has 0 spiro atoms. The molecule has 182 valence electrons. The van der Waals surface area contributed by atoms with Gasteiger partial charge in [0.1, 0.15) is 10.8 Å². The molecule has 3 rings (SSSR count). The molecule has 32 heavy (non-hydrogen) atoms. The van der Waals surface area contributed by atoms with Crippen LogP contribution < -0.4 is 4.74 Å². The Morgan fingerprint density at radius 3 is 2.00 bits per heavy atom. The maximum atomic E-state index is 14.3. The van der Waals surface area contributed by atoms with Gasteiger partial charge < -0.3 is 9.47 Å². The van der Waals surface area contributed by atoms with E-state index < -0.39 is 35.7 Å². The monoisotopic (exact) mass is 487 g/mol. The summed E-state index contributed by atoms with van der Waals surface area (Å²) in [5, 5.41) is 0.235. The van der Waals surface area contributed by atoms with Crippen LogP contribution in [0, 0.1) is 17.3 Å². The number of halogens is 7. The molecule has 0 atom stereocenters. The molecule has 0 N–H and O–H groups in total. The summed E-state index contributed by atoms with van der Waals surface area (Å²) in [6.45, 7) is 0.157. The minimum absolute atomic E-state index is 0.0374. The Hall–Kier alpha value is -1.22. The Morgan fingerprint density at radius 1 is 0.906 bits per heavy atom. The zero-order valence-corrected chi connectivity index (χ0v) is 18.6. The molecule has 1 heterocycles. The van der Waals surface area contributed by atoms with Gasteiger partial charge in [-0.15, -0.1) is 0 Å². The molecule has 2 fully saturated rings. The van der Waals surface area contributed by atoms with Crippen LogP contribution in [0.4, 0.5) is 26.3 Å². The lowest BCUT2D eigenvalue weighted by molar-refractivity contribution is -0.382. The molecule has 0 unspecified atom stereocenters. The van der Waals surface area contributed by atoms with Gasteiger partial charge in [-0.25, -0.2) is 0 Å². The molecule has 1 aromatic rings. The van der Waals surface area contributed by atoms with E-state index in [0.717, 1.165) is 0 Å². The molecule has 0 aromatic carbocycles. The zero-order valence-electron chi connectivity index (χ0n) is 17.9. The van der Waals surface area contributed by atoms with Crippen LogP contribution in [0.2, 0.25) is 5.02 Å². The number of pyridine rings is 1. The fraction of sp³-hybridized carbons (Fsp3) is 0.773. The van der Waals surface area contributed by atoms with Crippen molar-refractivity contribution in [1.82, 2.24) is 4.98 Å². The highest BCUT2D eigenvalue weighted by molar-refractivity contribution is 6.32. The van der Waals surface area contributed by atoms with Crippen molar-refractivity contribution >= 4 is 11.6 Å². The summed E-state index contributed by atoms with van der Waals surface area (Å²) in [4.78, 5) is 4.08. The van der Waals surface area contributed by atoms with E-state index in [9.17, 15) is 26.3 Å². The van der Waals surface area contributed by atoms with E-state index in [1.807, 2.05) is 0 Å². The number of nitrogens with zero attached hydrogens (tertiary/aromatic N) is 1. The second kappa shape index (κ2) is 9.95. The molecule has 0 radical (unpaired) electrons. The van der Waals surface area contributed by atoms with Crippen LogP contribution in [-0.2, 0) is 11.3 Å². The van der Waals surface area contributed by atoms with Crippen LogP contribution in [0.25, 0.3) is 0 Å². The summed E-state index contributed by atoms with van der Waals surface area (Å²) < 4.78 is 96.5. The molecular formula is C22H28ClF6NO2. The van der Waals surface area contributed by atoms with Gasteiger partial charge in [-0.3, -0.25) is 4.98 Å². The second-order valence-corrected chi connectivity index (χ2v) is 9.17. The van der Waals surface area contributed by atoms with Crippen LogP contribution in [0.3, 0.4) is 0 Å². The summed E-state index contributed by atoms with van der Waals surface area (Å²) in [6, 6.07) is 1.53. The molecule has 3 nitrogen and oxygen atoms in total. The molecule has 10 heteroatoms. The van der Waals surface area contributed by atoms with Gasteiger partial charge in [0.2, 0.25) is 0 Å². The van der Waals surface area contributed by atoms with E-state index >= 15 is 0 Å². The average molecular weight is 488 g/mol. The highest BCUT2D eigenvalue weighted by Crippen LogP contribution is 2.64. The van der Waals surface area contributed by atoms with Crippen molar-refractivity contribution in [2.45, 2.75) is 82.9 Å². The molecule has 1 aromatic heterocycles. The molecule has 2 aliphatic carbocycles. The van der Waals surface area contributed by atoms with Crippen molar-refractivity contribution in [3.63, 3.8) is 0 Å². The molecule has 2 saturated carbocycles. The SMILES string of the molecule is COCc1nccc(OC2CCC(C(C3CCCCC3)(C(F)(F)F)C(F)(F)F)CC2)c1Cl. The Kier molecular flexibility index (Phi) is 7.90. The fourth-order valence-corrected chi connectivity index (χ4v) is 5.80. The van der Waals surface area contributed by atoms with Crippen LogP contribution in [0.15, 0.2) is 12.3 Å².